The molecule has 1 aliphatic heterocycles. The van der Waals surface area contributed by atoms with Gasteiger partial charge >= 0.3 is 0 Å². The van der Waals surface area contributed by atoms with E-state index in [1.54, 1.807) is 0 Å². The van der Waals surface area contributed by atoms with Gasteiger partial charge in [-0.2, -0.15) is 0 Å². The second-order valence-corrected chi connectivity index (χ2v) is 6.93. The Morgan fingerprint density at radius 3 is 2.76 bits per heavy atom. The zero-order valence-corrected chi connectivity index (χ0v) is 14.0. The Bertz CT molecular complexity index is 404. The number of hydrogen-bond acceptors (Lipinski definition) is 3. The number of nitrogens with zero attached hydrogens (tertiary/aromatic N) is 2. The van der Waals surface area contributed by atoms with Crippen LogP contribution in [0.2, 0.25) is 0 Å². The summed E-state index contributed by atoms with van der Waals surface area (Å²) in [4.78, 5) is 7.16. The summed E-state index contributed by atoms with van der Waals surface area (Å²) >= 11 is 0. The number of hydrogen-bond donors (Lipinski definition) is 1. The molecule has 0 bridgehead atoms. The van der Waals surface area contributed by atoms with Gasteiger partial charge in [-0.25, -0.2) is 0 Å². The van der Waals surface area contributed by atoms with E-state index < -0.39 is 0 Å². The highest BCUT2D eigenvalue weighted by atomic mass is 15.2. The van der Waals surface area contributed by atoms with Crippen LogP contribution in [0, 0.1) is 11.8 Å². The molecule has 21 heavy (non-hydrogen) atoms. The third kappa shape index (κ3) is 4.79. The number of pyridine rings is 1. The van der Waals surface area contributed by atoms with Gasteiger partial charge in [-0.05, 0) is 30.4 Å². The van der Waals surface area contributed by atoms with Gasteiger partial charge < -0.3 is 5.32 Å². The van der Waals surface area contributed by atoms with Crippen molar-refractivity contribution in [3.05, 3.63) is 30.1 Å². The summed E-state index contributed by atoms with van der Waals surface area (Å²) in [5, 5.41) is 3.78. The van der Waals surface area contributed by atoms with E-state index in [4.69, 9.17) is 0 Å². The van der Waals surface area contributed by atoms with Gasteiger partial charge in [-0.3, -0.25) is 9.88 Å². The summed E-state index contributed by atoms with van der Waals surface area (Å²) in [6.07, 6.45) is 4.40. The Labute approximate surface area is 130 Å². The number of aromatic nitrogens is 1. The molecule has 1 fully saturated rings. The van der Waals surface area contributed by atoms with Crippen molar-refractivity contribution >= 4 is 0 Å². The predicted octanol–water partition coefficient (Wildman–Crippen LogP) is 3.32. The van der Waals surface area contributed by atoms with E-state index in [-0.39, 0.29) is 0 Å². The molecule has 3 atom stereocenters. The van der Waals surface area contributed by atoms with Gasteiger partial charge in [0.15, 0.2) is 0 Å². The first-order valence-electron chi connectivity index (χ1n) is 8.47. The normalized spacial score (nSPS) is 25.2. The van der Waals surface area contributed by atoms with Crippen LogP contribution >= 0.6 is 0 Å². The zero-order valence-electron chi connectivity index (χ0n) is 14.0. The van der Waals surface area contributed by atoms with Crippen LogP contribution in [0.5, 0.6) is 0 Å². The summed E-state index contributed by atoms with van der Waals surface area (Å²) in [7, 11) is 0. The molecule has 2 rings (SSSR count). The van der Waals surface area contributed by atoms with Crippen LogP contribution in [-0.4, -0.2) is 35.1 Å². The van der Waals surface area contributed by atoms with Gasteiger partial charge in [-0.15, -0.1) is 0 Å². The summed E-state index contributed by atoms with van der Waals surface area (Å²) in [5.74, 6) is 1.47. The number of rotatable bonds is 6. The Hall–Kier alpha value is -0.930. The summed E-state index contributed by atoms with van der Waals surface area (Å²) in [5.41, 5.74) is 1.19. The van der Waals surface area contributed by atoms with Gasteiger partial charge in [-0.1, -0.05) is 40.2 Å². The molecule has 0 amide bonds. The highest BCUT2D eigenvalue weighted by molar-refractivity contribution is 5.04. The molecule has 0 radical (unpaired) electrons. The molecule has 2 heterocycles. The fourth-order valence-corrected chi connectivity index (χ4v) is 3.22. The lowest BCUT2D eigenvalue weighted by Gasteiger charge is -2.43. The van der Waals surface area contributed by atoms with Crippen molar-refractivity contribution in [3.8, 4) is 0 Å². The molecule has 0 aliphatic carbocycles. The molecule has 1 saturated heterocycles. The average Bonchev–Trinajstić information content (AvgIpc) is 2.49. The lowest BCUT2D eigenvalue weighted by molar-refractivity contribution is 0.0878. The molecule has 0 spiro atoms. The van der Waals surface area contributed by atoms with Crippen LogP contribution in [-0.2, 0) is 6.54 Å². The maximum atomic E-state index is 4.51. The minimum Gasteiger partial charge on any atom is -0.311 e. The lowest BCUT2D eigenvalue weighted by Crippen LogP contribution is -2.58. The Balaban J connectivity index is 2.05. The van der Waals surface area contributed by atoms with E-state index in [0.29, 0.717) is 12.1 Å². The molecule has 118 valence electrons. The van der Waals surface area contributed by atoms with Crippen LogP contribution in [0.1, 0.15) is 46.2 Å². The van der Waals surface area contributed by atoms with Crippen molar-refractivity contribution in [1.82, 2.24) is 15.2 Å². The van der Waals surface area contributed by atoms with Crippen LogP contribution in [0.25, 0.3) is 0 Å². The molecular weight excluding hydrogens is 258 g/mol. The molecule has 1 aromatic rings. The lowest BCUT2D eigenvalue weighted by atomic mass is 9.92. The van der Waals surface area contributed by atoms with Crippen LogP contribution < -0.4 is 5.32 Å². The monoisotopic (exact) mass is 289 g/mol. The van der Waals surface area contributed by atoms with Gasteiger partial charge in [0, 0.05) is 37.9 Å². The minimum absolute atomic E-state index is 0.613. The van der Waals surface area contributed by atoms with E-state index in [1.165, 1.54) is 18.5 Å². The van der Waals surface area contributed by atoms with Crippen molar-refractivity contribution in [1.29, 1.82) is 0 Å². The van der Waals surface area contributed by atoms with Crippen molar-refractivity contribution in [3.63, 3.8) is 0 Å². The molecule has 1 aromatic heterocycles. The third-order valence-electron chi connectivity index (χ3n) is 4.73. The van der Waals surface area contributed by atoms with Crippen molar-refractivity contribution in [2.24, 2.45) is 11.8 Å². The summed E-state index contributed by atoms with van der Waals surface area (Å²) < 4.78 is 0. The Kier molecular flexibility index (Phi) is 6.19. The van der Waals surface area contributed by atoms with Gasteiger partial charge in [0.2, 0.25) is 0 Å². The average molecular weight is 289 g/mol. The summed E-state index contributed by atoms with van der Waals surface area (Å²) in [6, 6.07) is 7.48. The molecule has 3 unspecified atom stereocenters. The van der Waals surface area contributed by atoms with Crippen LogP contribution in [0.15, 0.2) is 24.4 Å². The molecule has 1 N–H and O–H groups in total. The number of piperazine rings is 1. The Morgan fingerprint density at radius 2 is 2.14 bits per heavy atom. The first kappa shape index (κ1) is 16.4. The molecule has 1 aliphatic rings. The first-order valence-corrected chi connectivity index (χ1v) is 8.47. The van der Waals surface area contributed by atoms with Gasteiger partial charge in [0.25, 0.3) is 0 Å². The second-order valence-electron chi connectivity index (χ2n) is 6.93. The highest BCUT2D eigenvalue weighted by Crippen LogP contribution is 2.21. The van der Waals surface area contributed by atoms with E-state index in [2.05, 4.69) is 55.0 Å². The van der Waals surface area contributed by atoms with Gasteiger partial charge in [0.1, 0.15) is 0 Å². The standard InChI is InChI=1S/C18H31N3/c1-5-15(4)18-13-21(12-16-8-6-7-9-19-16)17(11-20-18)10-14(2)3/h6-9,14-15,17-18,20H,5,10-13H2,1-4H3. The van der Waals surface area contributed by atoms with Crippen LogP contribution in [0.3, 0.4) is 0 Å². The van der Waals surface area contributed by atoms with E-state index in [1.807, 2.05) is 12.3 Å². The van der Waals surface area contributed by atoms with E-state index in [9.17, 15) is 0 Å². The molecule has 0 saturated carbocycles. The maximum Gasteiger partial charge on any atom is 0.0544 e. The topological polar surface area (TPSA) is 28.2 Å². The quantitative estimate of drug-likeness (QED) is 0.871. The molecule has 3 nitrogen and oxygen atoms in total. The second kappa shape index (κ2) is 7.90. The highest BCUT2D eigenvalue weighted by Gasteiger charge is 2.30. The number of nitrogens with one attached hydrogen (secondary N) is 1. The summed E-state index contributed by atoms with van der Waals surface area (Å²) in [6.45, 7) is 12.5. The van der Waals surface area contributed by atoms with Crippen LogP contribution in [0.4, 0.5) is 0 Å². The zero-order chi connectivity index (χ0) is 15.2. The molecule has 0 aromatic carbocycles. The first-order chi connectivity index (χ1) is 10.1. The molecular formula is C18H31N3. The molecule has 3 heteroatoms. The van der Waals surface area contributed by atoms with Crippen molar-refractivity contribution in [2.45, 2.75) is 59.2 Å². The smallest absolute Gasteiger partial charge is 0.0544 e. The fraction of sp³-hybridized carbons (Fsp3) is 0.722. The fourth-order valence-electron chi connectivity index (χ4n) is 3.22. The van der Waals surface area contributed by atoms with Crippen molar-refractivity contribution < 1.29 is 0 Å². The Morgan fingerprint density at radius 1 is 1.33 bits per heavy atom. The minimum atomic E-state index is 0.613. The maximum absolute atomic E-state index is 4.51. The van der Waals surface area contributed by atoms with Gasteiger partial charge in [0.05, 0.1) is 5.69 Å². The van der Waals surface area contributed by atoms with Crippen molar-refractivity contribution in [2.75, 3.05) is 13.1 Å². The predicted molar refractivity (Wildman–Crippen MR) is 89.1 cm³/mol. The largest absolute Gasteiger partial charge is 0.311 e. The van der Waals surface area contributed by atoms with E-state index in [0.717, 1.165) is 31.5 Å². The SMILES string of the molecule is CCC(C)C1CN(Cc2ccccn2)C(CC(C)C)CN1. The third-order valence-corrected chi connectivity index (χ3v) is 4.73. The van der Waals surface area contributed by atoms with E-state index >= 15 is 0 Å².